The number of amides is 1. The van der Waals surface area contributed by atoms with E-state index in [9.17, 15) is 9.18 Å². The maximum atomic E-state index is 13.5. The van der Waals surface area contributed by atoms with Gasteiger partial charge in [-0.05, 0) is 12.1 Å². The van der Waals surface area contributed by atoms with E-state index in [4.69, 9.17) is 4.74 Å². The van der Waals surface area contributed by atoms with Crippen molar-refractivity contribution in [3.8, 4) is 5.75 Å². The van der Waals surface area contributed by atoms with Crippen molar-refractivity contribution in [3.05, 3.63) is 48.8 Å². The van der Waals surface area contributed by atoms with Crippen LogP contribution < -0.4 is 4.74 Å². The first-order valence-electron chi connectivity index (χ1n) is 8.05. The maximum absolute atomic E-state index is 13.5. The van der Waals surface area contributed by atoms with Crippen molar-refractivity contribution in [2.24, 2.45) is 0 Å². The molecule has 0 saturated carbocycles. The summed E-state index contributed by atoms with van der Waals surface area (Å²) in [5.74, 6) is -0.438. The lowest BCUT2D eigenvalue weighted by Crippen LogP contribution is -2.50. The molecule has 1 aliphatic rings. The Morgan fingerprint density at radius 3 is 2.67 bits per heavy atom. The zero-order valence-electron chi connectivity index (χ0n) is 13.5. The third-order valence-corrected chi connectivity index (χ3v) is 4.15. The van der Waals surface area contributed by atoms with Crippen LogP contribution in [-0.2, 0) is 11.3 Å². The van der Waals surface area contributed by atoms with E-state index >= 15 is 0 Å². The normalized spacial score (nSPS) is 15.5. The fourth-order valence-electron chi connectivity index (χ4n) is 2.69. The van der Waals surface area contributed by atoms with Crippen molar-refractivity contribution in [2.75, 3.05) is 39.3 Å². The van der Waals surface area contributed by atoms with E-state index in [1.54, 1.807) is 29.6 Å². The van der Waals surface area contributed by atoms with Gasteiger partial charge in [0.2, 0.25) is 0 Å². The molecule has 1 amide bonds. The summed E-state index contributed by atoms with van der Waals surface area (Å²) in [5.41, 5.74) is 0. The van der Waals surface area contributed by atoms with Gasteiger partial charge in [0.25, 0.3) is 5.91 Å². The lowest BCUT2D eigenvalue weighted by molar-refractivity contribution is -0.135. The van der Waals surface area contributed by atoms with Crippen LogP contribution in [0.4, 0.5) is 4.39 Å². The third-order valence-electron chi connectivity index (χ3n) is 4.15. The predicted molar refractivity (Wildman–Crippen MR) is 87.1 cm³/mol. The monoisotopic (exact) mass is 332 g/mol. The number of carbonyl (C=O) groups excluding carboxylic acids is 1. The Hall–Kier alpha value is -2.41. The Balaban J connectivity index is 1.39. The summed E-state index contributed by atoms with van der Waals surface area (Å²) in [4.78, 5) is 20.3. The number of ether oxygens (including phenoxy) is 1. The van der Waals surface area contributed by atoms with E-state index in [1.807, 2.05) is 10.8 Å². The van der Waals surface area contributed by atoms with Crippen LogP contribution >= 0.6 is 0 Å². The zero-order chi connectivity index (χ0) is 16.8. The molecule has 0 spiro atoms. The average Bonchev–Trinajstić information content (AvgIpc) is 3.13. The molecule has 0 bridgehead atoms. The number of imidazole rings is 1. The van der Waals surface area contributed by atoms with E-state index in [0.717, 1.165) is 26.2 Å². The molecule has 1 fully saturated rings. The quantitative estimate of drug-likeness (QED) is 0.799. The van der Waals surface area contributed by atoms with Crippen molar-refractivity contribution in [3.63, 3.8) is 0 Å². The second-order valence-corrected chi connectivity index (χ2v) is 5.74. The first kappa shape index (κ1) is 16.4. The van der Waals surface area contributed by atoms with Crippen molar-refractivity contribution >= 4 is 5.91 Å². The van der Waals surface area contributed by atoms with Gasteiger partial charge >= 0.3 is 0 Å². The van der Waals surface area contributed by atoms with Gasteiger partial charge in [-0.25, -0.2) is 9.37 Å². The molecule has 1 aromatic heterocycles. The fraction of sp³-hybridized carbons (Fsp3) is 0.412. The molecular formula is C17H21FN4O2. The summed E-state index contributed by atoms with van der Waals surface area (Å²) in [6.45, 7) is 4.71. The minimum Gasteiger partial charge on any atom is -0.481 e. The average molecular weight is 332 g/mol. The number of carbonyl (C=O) groups is 1. The highest BCUT2D eigenvalue weighted by Crippen LogP contribution is 2.15. The number of nitrogens with zero attached hydrogens (tertiary/aromatic N) is 4. The number of aromatic nitrogens is 2. The van der Waals surface area contributed by atoms with Gasteiger partial charge in [0.05, 0.1) is 6.33 Å². The molecule has 0 radical (unpaired) electrons. The molecule has 0 N–H and O–H groups in total. The van der Waals surface area contributed by atoms with E-state index in [2.05, 4.69) is 9.88 Å². The lowest BCUT2D eigenvalue weighted by Gasteiger charge is -2.34. The molecule has 2 aromatic rings. The number of hydrogen-bond acceptors (Lipinski definition) is 4. The summed E-state index contributed by atoms with van der Waals surface area (Å²) in [6, 6.07) is 6.12. The molecule has 1 aliphatic heterocycles. The molecule has 0 aliphatic carbocycles. The molecule has 24 heavy (non-hydrogen) atoms. The van der Waals surface area contributed by atoms with Gasteiger partial charge in [-0.2, -0.15) is 0 Å². The smallest absolute Gasteiger partial charge is 0.260 e. The summed E-state index contributed by atoms with van der Waals surface area (Å²) in [6.07, 6.45) is 5.52. The first-order chi connectivity index (χ1) is 11.7. The molecule has 1 aromatic carbocycles. The van der Waals surface area contributed by atoms with Crippen molar-refractivity contribution in [1.29, 1.82) is 0 Å². The molecule has 6 nitrogen and oxygen atoms in total. The number of piperazine rings is 1. The Kier molecular flexibility index (Phi) is 5.43. The van der Waals surface area contributed by atoms with Crippen LogP contribution in [0.5, 0.6) is 5.75 Å². The second-order valence-electron chi connectivity index (χ2n) is 5.74. The maximum Gasteiger partial charge on any atom is 0.260 e. The fourth-order valence-corrected chi connectivity index (χ4v) is 2.69. The van der Waals surface area contributed by atoms with Gasteiger partial charge in [-0.15, -0.1) is 0 Å². The zero-order valence-corrected chi connectivity index (χ0v) is 13.5. The number of rotatable bonds is 6. The minimum absolute atomic E-state index is 0.104. The van der Waals surface area contributed by atoms with Crippen molar-refractivity contribution in [2.45, 2.75) is 6.54 Å². The van der Waals surface area contributed by atoms with E-state index in [-0.39, 0.29) is 18.3 Å². The molecule has 1 saturated heterocycles. The Bertz CT molecular complexity index is 654. The van der Waals surface area contributed by atoms with Crippen LogP contribution in [0, 0.1) is 5.82 Å². The van der Waals surface area contributed by atoms with Gasteiger partial charge in [-0.3, -0.25) is 9.69 Å². The SMILES string of the molecule is O=C(COc1ccccc1F)N1CCN(CCn2ccnc2)CC1. The summed E-state index contributed by atoms with van der Waals surface area (Å²) in [5, 5.41) is 0. The lowest BCUT2D eigenvalue weighted by atomic mass is 10.3. The Labute approximate surface area is 140 Å². The van der Waals surface area contributed by atoms with Crippen LogP contribution in [0.15, 0.2) is 43.0 Å². The van der Waals surface area contributed by atoms with Gasteiger partial charge < -0.3 is 14.2 Å². The van der Waals surface area contributed by atoms with Gasteiger partial charge in [0, 0.05) is 51.7 Å². The Morgan fingerprint density at radius 2 is 1.96 bits per heavy atom. The highest BCUT2D eigenvalue weighted by atomic mass is 19.1. The van der Waals surface area contributed by atoms with Crippen LogP contribution in [0.1, 0.15) is 0 Å². The van der Waals surface area contributed by atoms with Gasteiger partial charge in [-0.1, -0.05) is 12.1 Å². The molecule has 128 valence electrons. The summed E-state index contributed by atoms with van der Waals surface area (Å²) < 4.78 is 20.8. The minimum atomic E-state index is -0.449. The highest BCUT2D eigenvalue weighted by molar-refractivity contribution is 5.77. The number of halogens is 1. The van der Waals surface area contributed by atoms with E-state index < -0.39 is 5.82 Å². The molecule has 3 rings (SSSR count). The topological polar surface area (TPSA) is 50.6 Å². The predicted octanol–water partition coefficient (Wildman–Crippen LogP) is 1.25. The van der Waals surface area contributed by atoms with Gasteiger partial charge in [0.15, 0.2) is 18.2 Å². The largest absolute Gasteiger partial charge is 0.481 e. The standard InChI is InChI=1S/C17H21FN4O2/c18-15-3-1-2-4-16(15)24-13-17(23)22-11-9-20(10-12-22)7-8-21-6-5-19-14-21/h1-6,14H,7-13H2. The second kappa shape index (κ2) is 7.92. The van der Waals surface area contributed by atoms with Crippen molar-refractivity contribution < 1.29 is 13.9 Å². The molecule has 0 atom stereocenters. The number of benzene rings is 1. The molecular weight excluding hydrogens is 311 g/mol. The molecule has 0 unspecified atom stereocenters. The Morgan fingerprint density at radius 1 is 1.17 bits per heavy atom. The van der Waals surface area contributed by atoms with Crippen LogP contribution in [0.2, 0.25) is 0 Å². The molecule has 2 heterocycles. The van der Waals surface area contributed by atoms with Crippen molar-refractivity contribution in [1.82, 2.24) is 19.4 Å². The number of para-hydroxylation sites is 1. The van der Waals surface area contributed by atoms with Crippen LogP contribution in [-0.4, -0.2) is 64.6 Å². The molecule has 7 heteroatoms. The third kappa shape index (κ3) is 4.32. The van der Waals surface area contributed by atoms with Gasteiger partial charge in [0.1, 0.15) is 0 Å². The summed E-state index contributed by atoms with van der Waals surface area (Å²) in [7, 11) is 0. The highest BCUT2D eigenvalue weighted by Gasteiger charge is 2.21. The van der Waals surface area contributed by atoms with Crippen LogP contribution in [0.3, 0.4) is 0 Å². The van der Waals surface area contributed by atoms with E-state index in [0.29, 0.717) is 13.1 Å². The number of hydrogen-bond donors (Lipinski definition) is 0. The first-order valence-corrected chi connectivity index (χ1v) is 8.05. The van der Waals surface area contributed by atoms with Crippen LogP contribution in [0.25, 0.3) is 0 Å². The van der Waals surface area contributed by atoms with E-state index in [1.165, 1.54) is 12.1 Å². The summed E-state index contributed by atoms with van der Waals surface area (Å²) >= 11 is 0.